The molecule has 0 fully saturated rings. The Labute approximate surface area is 209 Å². The minimum Gasteiger partial charge on any atom is -0.542 e. The van der Waals surface area contributed by atoms with Crippen LogP contribution in [0.3, 0.4) is 0 Å². The fourth-order valence-electron chi connectivity index (χ4n) is 3.14. The van der Waals surface area contributed by atoms with Crippen LogP contribution >= 0.6 is 0 Å². The first-order valence-electron chi connectivity index (χ1n) is 12.0. The maximum absolute atomic E-state index is 12.9. The third-order valence-electron chi connectivity index (χ3n) is 5.15. The number of nitrogens with zero attached hydrogens (tertiary/aromatic N) is 2. The highest BCUT2D eigenvalue weighted by Gasteiger charge is 2.28. The number of halogens is 4. The summed E-state index contributed by atoms with van der Waals surface area (Å²) in [7, 11) is 0. The number of amides is 1. The van der Waals surface area contributed by atoms with E-state index in [-0.39, 0.29) is 11.7 Å². The zero-order chi connectivity index (χ0) is 26.8. The number of hydrazone groups is 1. The molecule has 0 aliphatic heterocycles. The number of rotatable bonds is 13. The van der Waals surface area contributed by atoms with E-state index in [4.69, 9.17) is 9.90 Å². The second-order valence-corrected chi connectivity index (χ2v) is 8.19. The summed E-state index contributed by atoms with van der Waals surface area (Å²) in [5.41, 5.74) is 3.77. The quantitative estimate of drug-likeness (QED) is 0.139. The molecule has 36 heavy (non-hydrogen) atoms. The summed E-state index contributed by atoms with van der Waals surface area (Å²) in [5.74, 6) is -3.57. The molecule has 1 amide bonds. The number of carbonyl (C=O) groups is 2. The number of aromatic nitrogens is 1. The van der Waals surface area contributed by atoms with E-state index in [1.54, 1.807) is 24.3 Å². The first-order valence-corrected chi connectivity index (χ1v) is 12.0. The van der Waals surface area contributed by atoms with Crippen LogP contribution in [0.2, 0.25) is 0 Å². The molecule has 2 aromatic rings. The van der Waals surface area contributed by atoms with Gasteiger partial charge in [0.1, 0.15) is 18.3 Å². The molecule has 1 aromatic heterocycles. The summed E-state index contributed by atoms with van der Waals surface area (Å²) in [5, 5.41) is 12.7. The van der Waals surface area contributed by atoms with Gasteiger partial charge in [0, 0.05) is 18.6 Å². The van der Waals surface area contributed by atoms with Crippen molar-refractivity contribution in [3.8, 4) is 0 Å². The molecule has 6 nitrogen and oxygen atoms in total. The van der Waals surface area contributed by atoms with E-state index in [1.807, 2.05) is 12.4 Å². The highest BCUT2D eigenvalue weighted by Crippen LogP contribution is 2.11. The van der Waals surface area contributed by atoms with E-state index in [0.29, 0.717) is 5.56 Å². The van der Waals surface area contributed by atoms with Gasteiger partial charge in [-0.25, -0.2) is 14.4 Å². The zero-order valence-electron chi connectivity index (χ0n) is 20.4. The number of aryl methyl sites for hydroxylation is 1. The van der Waals surface area contributed by atoms with Crippen LogP contribution in [0.4, 0.5) is 17.6 Å². The first kappa shape index (κ1) is 30.7. The Kier molecular flexibility index (Phi) is 14.7. The van der Waals surface area contributed by atoms with Gasteiger partial charge in [-0.15, -0.1) is 0 Å². The Morgan fingerprint density at radius 2 is 1.42 bits per heavy atom. The standard InChI is InChI=1S/C24H32FN3O.C2HF3O2/c1-2-3-4-5-6-7-8-9-10-17-28-18-15-22(16-19-28)24(29)27-26-20-21-11-13-23(25)14-12-21;3-2(4,5)1(6)7/h11-16,18-20H,2-10,17H2,1H3;(H,6,7). The maximum Gasteiger partial charge on any atom is 0.430 e. The molecule has 0 bridgehead atoms. The topological polar surface area (TPSA) is 85.5 Å². The number of alkyl halides is 3. The fraction of sp³-hybridized carbons (Fsp3) is 0.462. The van der Waals surface area contributed by atoms with Crippen molar-refractivity contribution in [3.05, 3.63) is 65.7 Å². The zero-order valence-corrected chi connectivity index (χ0v) is 20.4. The summed E-state index contributed by atoms with van der Waals surface area (Å²) in [4.78, 5) is 20.9. The number of benzene rings is 1. The molecule has 0 saturated heterocycles. The lowest BCUT2D eigenvalue weighted by Crippen LogP contribution is -2.37. The number of nitrogens with one attached hydrogen (secondary N) is 1. The van der Waals surface area contributed by atoms with Gasteiger partial charge in [-0.1, -0.05) is 64.0 Å². The average Bonchev–Trinajstić information content (AvgIpc) is 2.84. The van der Waals surface area contributed by atoms with Crippen LogP contribution in [0.5, 0.6) is 0 Å². The lowest BCUT2D eigenvalue weighted by molar-refractivity contribution is -0.697. The number of carbonyl (C=O) groups excluding carboxylic acids is 2. The second-order valence-electron chi connectivity index (χ2n) is 8.19. The van der Waals surface area contributed by atoms with Crippen molar-refractivity contribution in [1.82, 2.24) is 5.43 Å². The molecule has 198 valence electrons. The van der Waals surface area contributed by atoms with Crippen molar-refractivity contribution in [3.63, 3.8) is 0 Å². The summed E-state index contributed by atoms with van der Waals surface area (Å²) >= 11 is 0. The number of hydrogen-bond acceptors (Lipinski definition) is 4. The van der Waals surface area contributed by atoms with E-state index in [2.05, 4.69) is 22.0 Å². The van der Waals surface area contributed by atoms with Crippen LogP contribution in [0.25, 0.3) is 0 Å². The number of carboxylic acid groups (broad SMARTS) is 1. The SMILES string of the molecule is CCCCCCCCCCC[n+]1ccc(C(=O)NN=Cc2ccc(F)cc2)cc1.O=C([O-])C(F)(F)F. The fourth-order valence-corrected chi connectivity index (χ4v) is 3.14. The molecule has 0 aliphatic rings. The van der Waals surface area contributed by atoms with Gasteiger partial charge in [-0.2, -0.15) is 18.3 Å². The summed E-state index contributed by atoms with van der Waals surface area (Å²) in [6.45, 7) is 3.22. The number of carboxylic acids is 1. The predicted octanol–water partition coefficient (Wildman–Crippen LogP) is 4.71. The Morgan fingerprint density at radius 3 is 1.92 bits per heavy atom. The Morgan fingerprint density at radius 1 is 0.917 bits per heavy atom. The molecule has 0 aliphatic carbocycles. The number of hydrogen-bond donors (Lipinski definition) is 1. The molecule has 2 rings (SSSR count). The molecule has 0 unspecified atom stereocenters. The van der Waals surface area contributed by atoms with E-state index in [0.717, 1.165) is 18.5 Å². The Balaban J connectivity index is 0.000000809. The predicted molar refractivity (Wildman–Crippen MR) is 126 cm³/mol. The molecule has 0 spiro atoms. The lowest BCUT2D eigenvalue weighted by atomic mass is 10.1. The van der Waals surface area contributed by atoms with Crippen molar-refractivity contribution < 1.29 is 36.8 Å². The number of unbranched alkanes of at least 4 members (excludes halogenated alkanes) is 8. The van der Waals surface area contributed by atoms with Gasteiger partial charge in [0.2, 0.25) is 0 Å². The largest absolute Gasteiger partial charge is 0.542 e. The summed E-state index contributed by atoms with van der Waals surface area (Å²) in [6.07, 6.45) is 12.0. The molecule has 1 aromatic carbocycles. The van der Waals surface area contributed by atoms with E-state index in [9.17, 15) is 22.4 Å². The van der Waals surface area contributed by atoms with Crippen LogP contribution in [0, 0.1) is 5.82 Å². The molecular weight excluding hydrogens is 478 g/mol. The first-order chi connectivity index (χ1) is 17.1. The van der Waals surface area contributed by atoms with Gasteiger partial charge in [-0.3, -0.25) is 4.79 Å². The van der Waals surface area contributed by atoms with Crippen LogP contribution < -0.4 is 15.1 Å². The molecular formula is C26H33F4N3O3. The average molecular weight is 512 g/mol. The van der Waals surface area contributed by atoms with E-state index < -0.39 is 12.1 Å². The Hall–Kier alpha value is -3.30. The van der Waals surface area contributed by atoms with Crippen molar-refractivity contribution in [2.75, 3.05) is 0 Å². The Bertz CT molecular complexity index is 931. The summed E-state index contributed by atoms with van der Waals surface area (Å²) in [6, 6.07) is 9.51. The molecule has 0 atom stereocenters. The van der Waals surface area contributed by atoms with E-state index in [1.165, 1.54) is 69.7 Å². The van der Waals surface area contributed by atoms with Crippen LogP contribution in [-0.4, -0.2) is 24.3 Å². The van der Waals surface area contributed by atoms with Gasteiger partial charge < -0.3 is 9.90 Å². The van der Waals surface area contributed by atoms with Gasteiger partial charge in [0.25, 0.3) is 5.91 Å². The third-order valence-corrected chi connectivity index (χ3v) is 5.15. The van der Waals surface area contributed by atoms with Crippen molar-refractivity contribution in [2.45, 2.75) is 77.4 Å². The number of pyridine rings is 1. The maximum atomic E-state index is 12.9. The van der Waals surface area contributed by atoms with Gasteiger partial charge in [0.05, 0.1) is 11.8 Å². The molecule has 1 heterocycles. The number of aliphatic carboxylic acids is 1. The molecule has 0 saturated carbocycles. The monoisotopic (exact) mass is 511 g/mol. The third kappa shape index (κ3) is 14.2. The van der Waals surface area contributed by atoms with Gasteiger partial charge >= 0.3 is 6.18 Å². The minimum atomic E-state index is -5.19. The molecule has 0 radical (unpaired) electrons. The minimum absolute atomic E-state index is 0.265. The normalized spacial score (nSPS) is 11.1. The highest BCUT2D eigenvalue weighted by molar-refractivity contribution is 5.94. The highest BCUT2D eigenvalue weighted by atomic mass is 19.4. The van der Waals surface area contributed by atoms with Crippen molar-refractivity contribution in [2.24, 2.45) is 5.10 Å². The van der Waals surface area contributed by atoms with Crippen LogP contribution in [-0.2, 0) is 11.3 Å². The lowest BCUT2D eigenvalue weighted by Gasteiger charge is -2.03. The van der Waals surface area contributed by atoms with Crippen LogP contribution in [0.15, 0.2) is 53.9 Å². The van der Waals surface area contributed by atoms with Crippen LogP contribution in [0.1, 0.15) is 80.6 Å². The van der Waals surface area contributed by atoms with Gasteiger partial charge in [-0.05, 0) is 24.1 Å². The molecule has 10 heteroatoms. The smallest absolute Gasteiger partial charge is 0.430 e. The molecule has 1 N–H and O–H groups in total. The van der Waals surface area contributed by atoms with Crippen molar-refractivity contribution in [1.29, 1.82) is 0 Å². The second kappa shape index (κ2) is 17.2. The van der Waals surface area contributed by atoms with E-state index >= 15 is 0 Å². The van der Waals surface area contributed by atoms with Crippen molar-refractivity contribution >= 4 is 18.1 Å². The van der Waals surface area contributed by atoms with Gasteiger partial charge in [0.15, 0.2) is 12.4 Å². The summed E-state index contributed by atoms with van der Waals surface area (Å²) < 4.78 is 46.5.